The van der Waals surface area contributed by atoms with Crippen molar-refractivity contribution in [2.75, 3.05) is 11.9 Å². The van der Waals surface area contributed by atoms with Crippen LogP contribution >= 0.6 is 0 Å². The van der Waals surface area contributed by atoms with Crippen molar-refractivity contribution in [1.29, 1.82) is 0 Å². The number of H-pyrrole nitrogens is 1. The predicted molar refractivity (Wildman–Crippen MR) is 51.4 cm³/mol. The summed E-state index contributed by atoms with van der Waals surface area (Å²) in [5.41, 5.74) is -1.35. The number of aromatic carboxylic acids is 1. The molecule has 0 atom stereocenters. The molecule has 7 nitrogen and oxygen atoms in total. The Balaban J connectivity index is 3.18. The summed E-state index contributed by atoms with van der Waals surface area (Å²) in [6.07, 6.45) is 0.857. The highest BCUT2D eigenvalue weighted by Gasteiger charge is 2.12. The van der Waals surface area contributed by atoms with E-state index in [-0.39, 0.29) is 5.95 Å². The van der Waals surface area contributed by atoms with Gasteiger partial charge >= 0.3 is 5.97 Å². The van der Waals surface area contributed by atoms with Crippen molar-refractivity contribution >= 4 is 25.6 Å². The molecule has 1 heterocycles. The molecule has 0 aliphatic rings. The van der Waals surface area contributed by atoms with Crippen LogP contribution in [0.5, 0.6) is 0 Å². The average Bonchev–Trinajstić information content (AvgIpc) is 2.15. The molecule has 15 heavy (non-hydrogen) atoms. The van der Waals surface area contributed by atoms with Crippen molar-refractivity contribution in [3.8, 4) is 0 Å². The highest BCUT2D eigenvalue weighted by atomic mass is 16.4. The van der Waals surface area contributed by atoms with Crippen molar-refractivity contribution < 1.29 is 14.7 Å². The van der Waals surface area contributed by atoms with Gasteiger partial charge < -0.3 is 5.11 Å². The summed E-state index contributed by atoms with van der Waals surface area (Å²) < 4.78 is 0. The molecule has 0 saturated heterocycles. The molecule has 0 aliphatic heterocycles. The standard InChI is InChI=1S/C7H6BN3O4/c1-11(6(8)15)7-9-2-3(5(13)14)4(12)10-7/h2H,1H3,(H,13,14)(H,9,10,12). The third kappa shape index (κ3) is 2.22. The Bertz CT molecular complexity index is 470. The number of hydrogen-bond acceptors (Lipinski definition) is 4. The second kappa shape index (κ2) is 3.95. The average molecular weight is 207 g/mol. The maximum Gasteiger partial charge on any atom is 0.342 e. The highest BCUT2D eigenvalue weighted by molar-refractivity contribution is 6.60. The number of hydrogen-bond donors (Lipinski definition) is 2. The highest BCUT2D eigenvalue weighted by Crippen LogP contribution is 2.01. The Kier molecular flexibility index (Phi) is 2.89. The number of nitrogens with zero attached hydrogens (tertiary/aromatic N) is 2. The lowest BCUT2D eigenvalue weighted by Gasteiger charge is -2.12. The van der Waals surface area contributed by atoms with Gasteiger partial charge in [-0.05, 0) is 0 Å². The molecule has 0 aliphatic carbocycles. The summed E-state index contributed by atoms with van der Waals surface area (Å²) in [7, 11) is 6.22. The molecule has 0 bridgehead atoms. The van der Waals surface area contributed by atoms with Gasteiger partial charge in [-0.2, -0.15) is 0 Å². The summed E-state index contributed by atoms with van der Waals surface area (Å²) >= 11 is 0. The van der Waals surface area contributed by atoms with Crippen LogP contribution in [0.25, 0.3) is 0 Å². The fourth-order valence-electron chi connectivity index (χ4n) is 0.813. The Labute approximate surface area is 85.2 Å². The van der Waals surface area contributed by atoms with E-state index in [4.69, 9.17) is 13.0 Å². The van der Waals surface area contributed by atoms with E-state index in [2.05, 4.69) is 9.97 Å². The van der Waals surface area contributed by atoms with E-state index in [1.54, 1.807) is 0 Å². The number of carboxylic acids is 1. The van der Waals surface area contributed by atoms with Gasteiger partial charge in [0, 0.05) is 7.05 Å². The molecule has 1 amide bonds. The van der Waals surface area contributed by atoms with Crippen LogP contribution in [0.3, 0.4) is 0 Å². The largest absolute Gasteiger partial charge is 0.477 e. The Morgan fingerprint density at radius 1 is 1.60 bits per heavy atom. The molecular formula is C7H6BN3O4. The zero-order chi connectivity index (χ0) is 11.6. The van der Waals surface area contributed by atoms with E-state index in [0.717, 1.165) is 11.1 Å². The smallest absolute Gasteiger partial charge is 0.342 e. The van der Waals surface area contributed by atoms with Gasteiger partial charge in [0.1, 0.15) is 5.56 Å². The maximum absolute atomic E-state index is 11.2. The van der Waals surface area contributed by atoms with Crippen molar-refractivity contribution in [1.82, 2.24) is 9.97 Å². The Hall–Kier alpha value is -2.12. The van der Waals surface area contributed by atoms with Crippen molar-refractivity contribution in [2.24, 2.45) is 0 Å². The molecule has 76 valence electrons. The van der Waals surface area contributed by atoms with E-state index in [1.807, 2.05) is 0 Å². The third-order valence-electron chi connectivity index (χ3n) is 1.66. The van der Waals surface area contributed by atoms with E-state index < -0.39 is 22.9 Å². The molecule has 1 aromatic heterocycles. The number of anilines is 1. The van der Waals surface area contributed by atoms with Gasteiger partial charge in [-0.15, -0.1) is 0 Å². The predicted octanol–water partition coefficient (Wildman–Crippen LogP) is -0.807. The maximum atomic E-state index is 11.2. The number of amides is 1. The summed E-state index contributed by atoms with van der Waals surface area (Å²) in [6, 6.07) is 0. The number of carboxylic acid groups (broad SMARTS) is 1. The molecule has 0 saturated carbocycles. The first kappa shape index (κ1) is 11.0. The van der Waals surface area contributed by atoms with Crippen LogP contribution in [0.1, 0.15) is 10.4 Å². The fraction of sp³-hybridized carbons (Fsp3) is 0.143. The number of aromatic nitrogens is 2. The lowest BCUT2D eigenvalue weighted by molar-refractivity contribution is 0.0694. The normalized spacial score (nSPS) is 9.67. The van der Waals surface area contributed by atoms with Crippen molar-refractivity contribution in [2.45, 2.75) is 0 Å². The van der Waals surface area contributed by atoms with E-state index in [1.165, 1.54) is 7.05 Å². The van der Waals surface area contributed by atoms with Gasteiger partial charge in [0.15, 0.2) is 5.81 Å². The third-order valence-corrected chi connectivity index (χ3v) is 1.66. The summed E-state index contributed by atoms with van der Waals surface area (Å²) in [5, 5.41) is 8.54. The minimum atomic E-state index is -1.39. The lowest BCUT2D eigenvalue weighted by Crippen LogP contribution is -2.30. The lowest BCUT2D eigenvalue weighted by atomic mass is 10.1. The molecule has 0 fully saturated rings. The van der Waals surface area contributed by atoms with E-state index in [0.29, 0.717) is 0 Å². The first-order chi connectivity index (χ1) is 6.93. The number of rotatable bonds is 2. The minimum Gasteiger partial charge on any atom is -0.477 e. The van der Waals surface area contributed by atoms with Crippen LogP contribution in [0.4, 0.5) is 10.7 Å². The molecule has 1 rings (SSSR count). The number of nitrogens with one attached hydrogen (secondary N) is 1. The molecule has 2 radical (unpaired) electrons. The quantitative estimate of drug-likeness (QED) is 0.617. The molecule has 0 aromatic carbocycles. The summed E-state index contributed by atoms with van der Waals surface area (Å²) in [6.45, 7) is 0. The molecular weight excluding hydrogens is 201 g/mol. The second-order valence-corrected chi connectivity index (χ2v) is 2.65. The van der Waals surface area contributed by atoms with Crippen LogP contribution in [0.2, 0.25) is 0 Å². The summed E-state index contributed by atoms with van der Waals surface area (Å²) in [4.78, 5) is 38.9. The zero-order valence-electron chi connectivity index (χ0n) is 7.72. The Morgan fingerprint density at radius 2 is 2.20 bits per heavy atom. The zero-order valence-corrected chi connectivity index (χ0v) is 7.72. The molecule has 0 unspecified atom stereocenters. The minimum absolute atomic E-state index is 0.113. The molecule has 0 spiro atoms. The van der Waals surface area contributed by atoms with Gasteiger partial charge in [-0.3, -0.25) is 19.5 Å². The molecule has 8 heteroatoms. The van der Waals surface area contributed by atoms with Crippen LogP contribution < -0.4 is 10.5 Å². The second-order valence-electron chi connectivity index (χ2n) is 2.65. The monoisotopic (exact) mass is 207 g/mol. The number of carbonyl (C=O) groups is 2. The van der Waals surface area contributed by atoms with Gasteiger partial charge in [-0.25, -0.2) is 9.78 Å². The van der Waals surface area contributed by atoms with Gasteiger partial charge in [0.2, 0.25) is 13.8 Å². The number of carbonyl (C=O) groups excluding carboxylic acids is 1. The first-order valence-electron chi connectivity index (χ1n) is 3.79. The topological polar surface area (TPSA) is 103 Å². The molecule has 1 aromatic rings. The Morgan fingerprint density at radius 3 is 2.60 bits per heavy atom. The summed E-state index contributed by atoms with van der Waals surface area (Å²) in [5.74, 6) is -2.32. The SMILES string of the molecule is [B]C(=O)N(C)c1ncc(C(=O)O)c(=O)[nH]1. The van der Waals surface area contributed by atoms with Crippen LogP contribution in [0.15, 0.2) is 11.0 Å². The van der Waals surface area contributed by atoms with E-state index in [9.17, 15) is 14.4 Å². The van der Waals surface area contributed by atoms with Crippen LogP contribution in [-0.2, 0) is 0 Å². The fourth-order valence-corrected chi connectivity index (χ4v) is 0.813. The van der Waals surface area contributed by atoms with E-state index >= 15 is 0 Å². The number of aromatic amines is 1. The molecule has 2 N–H and O–H groups in total. The van der Waals surface area contributed by atoms with Gasteiger partial charge in [0.25, 0.3) is 5.56 Å². The van der Waals surface area contributed by atoms with Crippen LogP contribution in [0, 0.1) is 0 Å². The van der Waals surface area contributed by atoms with Gasteiger partial charge in [-0.1, -0.05) is 0 Å². The van der Waals surface area contributed by atoms with Crippen LogP contribution in [-0.4, -0.2) is 41.7 Å². The van der Waals surface area contributed by atoms with Crippen molar-refractivity contribution in [3.05, 3.63) is 22.1 Å². The van der Waals surface area contributed by atoms with Crippen molar-refractivity contribution in [3.63, 3.8) is 0 Å². The first-order valence-corrected chi connectivity index (χ1v) is 3.79. The van der Waals surface area contributed by atoms with Gasteiger partial charge in [0.05, 0.1) is 6.20 Å².